The highest BCUT2D eigenvalue weighted by Crippen LogP contribution is 2.35. The van der Waals surface area contributed by atoms with E-state index in [9.17, 15) is 23.7 Å². The second-order valence-corrected chi connectivity index (χ2v) is 4.78. The summed E-state index contributed by atoms with van der Waals surface area (Å²) in [6, 6.07) is -0.267. The van der Waals surface area contributed by atoms with E-state index in [1.807, 2.05) is 0 Å². The monoisotopic (exact) mass is 289 g/mol. The predicted octanol–water partition coefficient (Wildman–Crippen LogP) is 2.54. The summed E-state index contributed by atoms with van der Waals surface area (Å²) in [6.45, 7) is 0. The third-order valence-electron chi connectivity index (χ3n) is 3.56. The summed E-state index contributed by atoms with van der Waals surface area (Å²) in [7, 11) is 0. The number of alkyl halides is 2. The topological polar surface area (TPSA) is 98.3 Å². The predicted molar refractivity (Wildman–Crippen MR) is 62.5 cm³/mol. The maximum atomic E-state index is 12.7. The Morgan fingerprint density at radius 3 is 2.45 bits per heavy atom. The number of nitro groups is 1. The van der Waals surface area contributed by atoms with Crippen molar-refractivity contribution in [3.8, 4) is 0 Å². The van der Waals surface area contributed by atoms with E-state index in [1.54, 1.807) is 0 Å². The van der Waals surface area contributed by atoms with Crippen LogP contribution in [0.4, 0.5) is 14.5 Å². The molecule has 1 aromatic rings. The SMILES string of the molecule is O=C(O)C1CCC(n2cc([N+](=O)[O-])c(C(F)F)n2)CC1. The van der Waals surface area contributed by atoms with Gasteiger partial charge in [0.15, 0.2) is 0 Å². The van der Waals surface area contributed by atoms with E-state index in [4.69, 9.17) is 5.11 Å². The quantitative estimate of drug-likeness (QED) is 0.678. The number of carboxylic acid groups (broad SMARTS) is 1. The van der Waals surface area contributed by atoms with Crippen LogP contribution >= 0.6 is 0 Å². The van der Waals surface area contributed by atoms with Crippen LogP contribution in [0.15, 0.2) is 6.20 Å². The van der Waals surface area contributed by atoms with Crippen LogP contribution in [0, 0.1) is 16.0 Å². The third kappa shape index (κ3) is 2.75. The molecule has 0 atom stereocenters. The van der Waals surface area contributed by atoms with E-state index in [0.29, 0.717) is 25.7 Å². The summed E-state index contributed by atoms with van der Waals surface area (Å²) >= 11 is 0. The summed E-state index contributed by atoms with van der Waals surface area (Å²) in [4.78, 5) is 20.6. The van der Waals surface area contributed by atoms with Crippen molar-refractivity contribution >= 4 is 11.7 Å². The molecule has 1 aliphatic carbocycles. The molecule has 0 radical (unpaired) electrons. The summed E-state index contributed by atoms with van der Waals surface area (Å²) in [5.41, 5.74) is -1.53. The highest BCUT2D eigenvalue weighted by atomic mass is 19.3. The van der Waals surface area contributed by atoms with Gasteiger partial charge in [0.1, 0.15) is 6.20 Å². The van der Waals surface area contributed by atoms with Crippen molar-refractivity contribution < 1.29 is 23.6 Å². The van der Waals surface area contributed by atoms with Gasteiger partial charge in [-0.1, -0.05) is 0 Å². The molecule has 0 spiro atoms. The van der Waals surface area contributed by atoms with Crippen LogP contribution in [-0.2, 0) is 4.79 Å². The maximum Gasteiger partial charge on any atom is 0.316 e. The van der Waals surface area contributed by atoms with E-state index < -0.39 is 34.6 Å². The molecule has 0 unspecified atom stereocenters. The van der Waals surface area contributed by atoms with E-state index in [-0.39, 0.29) is 6.04 Å². The summed E-state index contributed by atoms with van der Waals surface area (Å²) < 4.78 is 26.5. The van der Waals surface area contributed by atoms with Gasteiger partial charge in [0.05, 0.1) is 16.9 Å². The van der Waals surface area contributed by atoms with Gasteiger partial charge in [-0.05, 0) is 25.7 Å². The van der Waals surface area contributed by atoms with Crippen LogP contribution in [0.2, 0.25) is 0 Å². The molecule has 1 aromatic heterocycles. The fraction of sp³-hybridized carbons (Fsp3) is 0.636. The number of aliphatic carboxylic acids is 1. The fourth-order valence-corrected chi connectivity index (χ4v) is 2.47. The van der Waals surface area contributed by atoms with Gasteiger partial charge in [-0.2, -0.15) is 5.10 Å². The lowest BCUT2D eigenvalue weighted by molar-refractivity contribution is -0.386. The minimum atomic E-state index is -3.01. The molecule has 0 bridgehead atoms. The first-order chi connectivity index (χ1) is 9.40. The number of nitrogens with zero attached hydrogens (tertiary/aromatic N) is 3. The number of carboxylic acids is 1. The molecule has 0 amide bonds. The molecular weight excluding hydrogens is 276 g/mol. The Labute approximate surface area is 112 Å². The average Bonchev–Trinajstić information content (AvgIpc) is 2.84. The average molecular weight is 289 g/mol. The van der Waals surface area contributed by atoms with Crippen molar-refractivity contribution in [2.24, 2.45) is 5.92 Å². The molecule has 0 aromatic carbocycles. The first kappa shape index (κ1) is 14.4. The van der Waals surface area contributed by atoms with Crippen LogP contribution in [-0.4, -0.2) is 25.8 Å². The molecule has 1 N–H and O–H groups in total. The van der Waals surface area contributed by atoms with Gasteiger partial charge < -0.3 is 5.11 Å². The van der Waals surface area contributed by atoms with E-state index >= 15 is 0 Å². The Morgan fingerprint density at radius 1 is 1.45 bits per heavy atom. The molecule has 7 nitrogen and oxygen atoms in total. The van der Waals surface area contributed by atoms with Crippen molar-refractivity contribution in [1.29, 1.82) is 0 Å². The molecule has 0 saturated heterocycles. The van der Waals surface area contributed by atoms with Crippen molar-refractivity contribution in [3.05, 3.63) is 22.0 Å². The van der Waals surface area contributed by atoms with Crippen LogP contribution in [0.5, 0.6) is 0 Å². The molecule has 110 valence electrons. The number of halogens is 2. The standard InChI is InChI=1S/C11H13F2N3O4/c12-10(13)9-8(16(19)20)5-15(14-9)7-3-1-6(2-4-7)11(17)18/h5-7,10H,1-4H2,(H,17,18). The van der Waals surface area contributed by atoms with Crippen molar-refractivity contribution in [1.82, 2.24) is 9.78 Å². The molecule has 1 aliphatic rings. The summed E-state index contributed by atoms with van der Waals surface area (Å²) in [6.07, 6.45) is -0.258. The maximum absolute atomic E-state index is 12.7. The Morgan fingerprint density at radius 2 is 2.05 bits per heavy atom. The smallest absolute Gasteiger partial charge is 0.316 e. The lowest BCUT2D eigenvalue weighted by Gasteiger charge is -2.25. The van der Waals surface area contributed by atoms with Gasteiger partial charge >= 0.3 is 11.7 Å². The van der Waals surface area contributed by atoms with Crippen LogP contribution in [0.3, 0.4) is 0 Å². The van der Waals surface area contributed by atoms with Crippen molar-refractivity contribution in [2.45, 2.75) is 38.2 Å². The largest absolute Gasteiger partial charge is 0.481 e. The van der Waals surface area contributed by atoms with E-state index in [2.05, 4.69) is 5.10 Å². The summed E-state index contributed by atoms with van der Waals surface area (Å²) in [5.74, 6) is -1.31. The number of aromatic nitrogens is 2. The zero-order valence-electron chi connectivity index (χ0n) is 10.4. The third-order valence-corrected chi connectivity index (χ3v) is 3.56. The first-order valence-corrected chi connectivity index (χ1v) is 6.14. The van der Waals surface area contributed by atoms with Gasteiger partial charge in [-0.15, -0.1) is 0 Å². The first-order valence-electron chi connectivity index (χ1n) is 6.14. The highest BCUT2D eigenvalue weighted by molar-refractivity contribution is 5.70. The summed E-state index contributed by atoms with van der Waals surface area (Å²) in [5, 5.41) is 23.2. The molecule has 1 saturated carbocycles. The van der Waals surface area contributed by atoms with Gasteiger partial charge in [-0.3, -0.25) is 19.6 Å². The van der Waals surface area contributed by atoms with Gasteiger partial charge in [0.2, 0.25) is 5.69 Å². The zero-order valence-corrected chi connectivity index (χ0v) is 10.4. The molecule has 1 heterocycles. The molecule has 0 aliphatic heterocycles. The zero-order chi connectivity index (χ0) is 14.9. The number of rotatable bonds is 4. The Hall–Kier alpha value is -2.06. The minimum Gasteiger partial charge on any atom is -0.481 e. The van der Waals surface area contributed by atoms with Crippen LogP contribution < -0.4 is 0 Å². The highest BCUT2D eigenvalue weighted by Gasteiger charge is 2.32. The van der Waals surface area contributed by atoms with E-state index in [0.717, 1.165) is 6.20 Å². The Bertz CT molecular complexity index is 524. The second kappa shape index (κ2) is 5.51. The second-order valence-electron chi connectivity index (χ2n) is 4.78. The van der Waals surface area contributed by atoms with Crippen LogP contribution in [0.1, 0.15) is 43.8 Å². The lowest BCUT2D eigenvalue weighted by Crippen LogP contribution is -2.23. The van der Waals surface area contributed by atoms with Gasteiger partial charge in [0, 0.05) is 0 Å². The molecule has 2 rings (SSSR count). The molecular formula is C11H13F2N3O4. The number of hydrogen-bond donors (Lipinski definition) is 1. The normalized spacial score (nSPS) is 22.9. The Balaban J connectivity index is 2.16. The van der Waals surface area contributed by atoms with Crippen LogP contribution in [0.25, 0.3) is 0 Å². The Kier molecular flexibility index (Phi) is 3.96. The lowest BCUT2D eigenvalue weighted by atomic mass is 9.86. The number of hydrogen-bond acceptors (Lipinski definition) is 4. The minimum absolute atomic E-state index is 0.267. The van der Waals surface area contributed by atoms with Crippen molar-refractivity contribution in [2.75, 3.05) is 0 Å². The molecule has 1 fully saturated rings. The number of carbonyl (C=O) groups is 1. The molecule has 9 heteroatoms. The van der Waals surface area contributed by atoms with Gasteiger partial charge in [0.25, 0.3) is 6.43 Å². The molecule has 20 heavy (non-hydrogen) atoms. The van der Waals surface area contributed by atoms with Crippen molar-refractivity contribution in [3.63, 3.8) is 0 Å². The van der Waals surface area contributed by atoms with E-state index in [1.165, 1.54) is 4.68 Å². The fourth-order valence-electron chi connectivity index (χ4n) is 2.47. The van der Waals surface area contributed by atoms with Gasteiger partial charge in [-0.25, -0.2) is 8.78 Å².